The van der Waals surface area contributed by atoms with Crippen LogP contribution in [0.1, 0.15) is 6.42 Å². The van der Waals surface area contributed by atoms with Crippen molar-refractivity contribution in [2.24, 2.45) is 0 Å². The molecule has 5 nitrogen and oxygen atoms in total. The molecule has 1 aliphatic heterocycles. The van der Waals surface area contributed by atoms with E-state index in [9.17, 15) is 17.2 Å². The van der Waals surface area contributed by atoms with E-state index in [1.165, 1.54) is 0 Å². The predicted octanol–water partition coefficient (Wildman–Crippen LogP) is -0.461. The van der Waals surface area contributed by atoms with Crippen LogP contribution in [-0.2, 0) is 10.0 Å². The molecule has 96 valence electrons. The first kappa shape index (κ1) is 13.8. The fourth-order valence-corrected chi connectivity index (χ4v) is 2.62. The van der Waals surface area contributed by atoms with E-state index < -0.39 is 15.8 Å². The number of rotatable bonds is 4. The number of aliphatic hydroxyl groups is 1. The molecule has 0 atom stereocenters. The van der Waals surface area contributed by atoms with Gasteiger partial charge in [-0.2, -0.15) is 13.1 Å². The highest BCUT2D eigenvalue weighted by atomic mass is 32.2. The molecule has 0 aromatic rings. The minimum Gasteiger partial charge on any atom is -0.395 e. The van der Waals surface area contributed by atoms with E-state index in [-0.39, 0.29) is 19.7 Å². The molecule has 0 bridgehead atoms. The van der Waals surface area contributed by atoms with Gasteiger partial charge in [0.25, 0.3) is 10.0 Å². The van der Waals surface area contributed by atoms with Gasteiger partial charge in [-0.1, -0.05) is 0 Å². The molecular weight excluding hydrogens is 242 g/mol. The monoisotopic (exact) mass is 258 g/mol. The molecule has 0 amide bonds. The lowest BCUT2D eigenvalue weighted by molar-refractivity contribution is 0.199. The summed E-state index contributed by atoms with van der Waals surface area (Å²) in [6.45, 7) is 1.62. The van der Waals surface area contributed by atoms with Crippen molar-refractivity contribution in [2.75, 3.05) is 39.3 Å². The molecule has 8 heteroatoms. The highest BCUT2D eigenvalue weighted by molar-refractivity contribution is 7.89. The Morgan fingerprint density at radius 1 is 1.19 bits per heavy atom. The van der Waals surface area contributed by atoms with E-state index in [0.29, 0.717) is 26.1 Å². The van der Waals surface area contributed by atoms with E-state index >= 15 is 0 Å². The molecule has 1 rings (SSSR count). The molecule has 0 aliphatic carbocycles. The van der Waals surface area contributed by atoms with Gasteiger partial charge in [-0.15, -0.1) is 0 Å². The zero-order valence-electron chi connectivity index (χ0n) is 8.85. The van der Waals surface area contributed by atoms with Gasteiger partial charge in [-0.05, 0) is 13.0 Å². The van der Waals surface area contributed by atoms with Crippen molar-refractivity contribution in [3.8, 4) is 0 Å². The first-order chi connectivity index (χ1) is 7.48. The average Bonchev–Trinajstić information content (AvgIpc) is 2.44. The summed E-state index contributed by atoms with van der Waals surface area (Å²) in [5, 5.41) is 8.73. The summed E-state index contributed by atoms with van der Waals surface area (Å²) in [6.07, 6.45) is 0.506. The third-order valence-electron chi connectivity index (χ3n) is 2.55. The van der Waals surface area contributed by atoms with Crippen LogP contribution in [0.5, 0.6) is 0 Å². The highest BCUT2D eigenvalue weighted by Crippen LogP contribution is 2.14. The molecule has 1 saturated heterocycles. The van der Waals surface area contributed by atoms with E-state index in [0.717, 1.165) is 4.31 Å². The maximum Gasteiger partial charge on any atom is 0.350 e. The summed E-state index contributed by atoms with van der Waals surface area (Å²) in [5.41, 5.74) is 0. The van der Waals surface area contributed by atoms with E-state index in [2.05, 4.69) is 0 Å². The summed E-state index contributed by atoms with van der Waals surface area (Å²) < 4.78 is 47.8. The van der Waals surface area contributed by atoms with Crippen LogP contribution in [0.4, 0.5) is 8.78 Å². The zero-order chi connectivity index (χ0) is 12.2. The lowest BCUT2D eigenvalue weighted by Crippen LogP contribution is -2.38. The van der Waals surface area contributed by atoms with Crippen LogP contribution in [-0.4, -0.2) is 67.8 Å². The molecular formula is C8H16F2N2O3S. The lowest BCUT2D eigenvalue weighted by atomic mass is 10.4. The van der Waals surface area contributed by atoms with Crippen LogP contribution < -0.4 is 0 Å². The van der Waals surface area contributed by atoms with Crippen molar-refractivity contribution < 1.29 is 22.3 Å². The number of alkyl halides is 2. The molecule has 1 N–H and O–H groups in total. The second-order valence-corrected chi connectivity index (χ2v) is 5.53. The third kappa shape index (κ3) is 3.34. The topological polar surface area (TPSA) is 60.9 Å². The first-order valence-electron chi connectivity index (χ1n) is 5.09. The van der Waals surface area contributed by atoms with Crippen LogP contribution in [0.3, 0.4) is 0 Å². The fraction of sp³-hybridized carbons (Fsp3) is 1.00. The number of hydrogen-bond acceptors (Lipinski definition) is 4. The van der Waals surface area contributed by atoms with Crippen molar-refractivity contribution in [1.29, 1.82) is 0 Å². The van der Waals surface area contributed by atoms with Crippen molar-refractivity contribution in [1.82, 2.24) is 9.21 Å². The maximum absolute atomic E-state index is 12.3. The van der Waals surface area contributed by atoms with Gasteiger partial charge in [-0.3, -0.25) is 4.90 Å². The molecule has 1 aliphatic rings. The van der Waals surface area contributed by atoms with Crippen LogP contribution in [0.15, 0.2) is 0 Å². The first-order valence-corrected chi connectivity index (χ1v) is 6.59. The van der Waals surface area contributed by atoms with E-state index in [1.807, 2.05) is 4.90 Å². The molecule has 16 heavy (non-hydrogen) atoms. The Hall–Kier alpha value is -0.310. The SMILES string of the molecule is O=S(=O)(C(F)F)N1CCCN(CCO)CC1. The van der Waals surface area contributed by atoms with Crippen LogP contribution in [0.2, 0.25) is 0 Å². The summed E-state index contributed by atoms with van der Waals surface area (Å²) in [4.78, 5) is 1.86. The third-order valence-corrected chi connectivity index (χ3v) is 4.08. The Morgan fingerprint density at radius 2 is 1.88 bits per heavy atom. The fourth-order valence-electron chi connectivity index (χ4n) is 1.68. The molecule has 0 radical (unpaired) electrons. The van der Waals surface area contributed by atoms with Gasteiger partial charge in [0.15, 0.2) is 0 Å². The maximum atomic E-state index is 12.3. The molecule has 1 fully saturated rings. The van der Waals surface area contributed by atoms with Crippen molar-refractivity contribution >= 4 is 10.0 Å². The van der Waals surface area contributed by atoms with Crippen molar-refractivity contribution in [3.05, 3.63) is 0 Å². The summed E-state index contributed by atoms with van der Waals surface area (Å²) in [6, 6.07) is 0. The normalized spacial score (nSPS) is 21.2. The molecule has 0 aromatic heterocycles. The minimum absolute atomic E-state index is 0.0123. The van der Waals surface area contributed by atoms with Gasteiger partial charge in [0.05, 0.1) is 6.61 Å². The largest absolute Gasteiger partial charge is 0.395 e. The number of β-amino-alcohol motifs (C(OH)–C–C–N with tert-alkyl or cyclic N) is 1. The second-order valence-electron chi connectivity index (χ2n) is 3.62. The van der Waals surface area contributed by atoms with Crippen molar-refractivity contribution in [3.63, 3.8) is 0 Å². The Kier molecular flexibility index (Phi) is 5.03. The van der Waals surface area contributed by atoms with Crippen LogP contribution in [0, 0.1) is 0 Å². The Bertz CT molecular complexity index is 310. The minimum atomic E-state index is -4.45. The number of aliphatic hydroxyl groups excluding tert-OH is 1. The number of nitrogens with zero attached hydrogens (tertiary/aromatic N) is 2. The van der Waals surface area contributed by atoms with Crippen molar-refractivity contribution in [2.45, 2.75) is 12.2 Å². The quantitative estimate of drug-likeness (QED) is 0.741. The molecule has 0 aromatic carbocycles. The number of sulfonamides is 1. The lowest BCUT2D eigenvalue weighted by Gasteiger charge is -2.20. The highest BCUT2D eigenvalue weighted by Gasteiger charge is 2.32. The summed E-state index contributed by atoms with van der Waals surface area (Å²) in [5.74, 6) is -3.35. The van der Waals surface area contributed by atoms with Gasteiger partial charge >= 0.3 is 5.76 Å². The number of halogens is 2. The Labute approximate surface area is 93.7 Å². The van der Waals surface area contributed by atoms with Gasteiger partial charge in [-0.25, -0.2) is 8.42 Å². The summed E-state index contributed by atoms with van der Waals surface area (Å²) >= 11 is 0. The summed E-state index contributed by atoms with van der Waals surface area (Å²) in [7, 11) is -4.45. The van der Waals surface area contributed by atoms with Crippen LogP contribution >= 0.6 is 0 Å². The predicted molar refractivity (Wildman–Crippen MR) is 54.6 cm³/mol. The number of hydrogen-bond donors (Lipinski definition) is 1. The van der Waals surface area contributed by atoms with E-state index in [4.69, 9.17) is 5.11 Å². The Morgan fingerprint density at radius 3 is 2.44 bits per heavy atom. The van der Waals surface area contributed by atoms with Gasteiger partial charge < -0.3 is 5.11 Å². The van der Waals surface area contributed by atoms with Crippen LogP contribution in [0.25, 0.3) is 0 Å². The standard InChI is InChI=1S/C8H16F2N2O3S/c9-8(10)16(14,15)12-3-1-2-11(4-5-12)6-7-13/h8,13H,1-7H2. The van der Waals surface area contributed by atoms with Gasteiger partial charge in [0.2, 0.25) is 0 Å². The molecule has 1 heterocycles. The molecule has 0 spiro atoms. The zero-order valence-corrected chi connectivity index (χ0v) is 9.67. The molecule has 0 saturated carbocycles. The smallest absolute Gasteiger partial charge is 0.350 e. The molecule has 0 unspecified atom stereocenters. The van der Waals surface area contributed by atoms with Gasteiger partial charge in [0.1, 0.15) is 0 Å². The Balaban J connectivity index is 2.60. The van der Waals surface area contributed by atoms with E-state index in [1.54, 1.807) is 0 Å². The van der Waals surface area contributed by atoms with Gasteiger partial charge in [0, 0.05) is 26.2 Å². The second kappa shape index (κ2) is 5.85. The average molecular weight is 258 g/mol.